The average Bonchev–Trinajstić information content (AvgIpc) is 2.25. The Hall–Kier alpha value is -1.69. The molecular formula is C9H9ClFN3O2. The maximum absolute atomic E-state index is 12.8. The van der Waals surface area contributed by atoms with E-state index >= 15 is 0 Å². The summed E-state index contributed by atoms with van der Waals surface area (Å²) >= 11 is 5.37. The third-order valence-electron chi connectivity index (χ3n) is 1.71. The number of nitrogens with zero attached hydrogens (tertiary/aromatic N) is 2. The summed E-state index contributed by atoms with van der Waals surface area (Å²) in [5, 5.41) is 5.43. The van der Waals surface area contributed by atoms with Gasteiger partial charge in [0, 0.05) is 11.6 Å². The zero-order valence-corrected chi connectivity index (χ0v) is 8.95. The second-order valence-electron chi connectivity index (χ2n) is 2.83. The van der Waals surface area contributed by atoms with Gasteiger partial charge in [-0.25, -0.2) is 9.18 Å². The number of hydrogen-bond donors (Lipinski definition) is 1. The first-order chi connectivity index (χ1) is 7.67. The van der Waals surface area contributed by atoms with Crippen LogP contribution in [-0.4, -0.2) is 23.5 Å². The standard InChI is InChI=1S/C9H9ClFN3O2/c10-4-5-14(13-16)9(15)12-8-3-1-2-7(11)6-8/h1-3,6H,4-5H2,(H,12,15). The van der Waals surface area contributed by atoms with Crippen molar-refractivity contribution in [1.29, 1.82) is 0 Å². The zero-order valence-electron chi connectivity index (χ0n) is 8.19. The Kier molecular flexibility index (Phi) is 4.65. The molecule has 0 unspecified atom stereocenters. The number of carbonyl (C=O) groups is 1. The van der Waals surface area contributed by atoms with E-state index in [1.807, 2.05) is 0 Å². The van der Waals surface area contributed by atoms with E-state index in [1.165, 1.54) is 18.2 Å². The van der Waals surface area contributed by atoms with Gasteiger partial charge in [-0.05, 0) is 18.2 Å². The largest absolute Gasteiger partial charge is 0.344 e. The van der Waals surface area contributed by atoms with Gasteiger partial charge in [-0.1, -0.05) is 6.07 Å². The first kappa shape index (κ1) is 12.4. The maximum atomic E-state index is 12.8. The summed E-state index contributed by atoms with van der Waals surface area (Å²) < 4.78 is 12.8. The molecule has 1 rings (SSSR count). The smallest absolute Gasteiger partial charge is 0.306 e. The van der Waals surface area contributed by atoms with Gasteiger partial charge < -0.3 is 5.32 Å². The molecule has 0 radical (unpaired) electrons. The van der Waals surface area contributed by atoms with Crippen molar-refractivity contribution in [3.05, 3.63) is 35.0 Å². The Morgan fingerprint density at radius 3 is 2.88 bits per heavy atom. The average molecular weight is 246 g/mol. The molecular weight excluding hydrogens is 237 g/mol. The fourth-order valence-electron chi connectivity index (χ4n) is 1.01. The van der Waals surface area contributed by atoms with Crippen LogP contribution in [0.5, 0.6) is 0 Å². The molecule has 0 saturated carbocycles. The van der Waals surface area contributed by atoms with Crippen molar-refractivity contribution in [2.24, 2.45) is 5.29 Å². The minimum absolute atomic E-state index is 0.00773. The van der Waals surface area contributed by atoms with Crippen LogP contribution in [0.15, 0.2) is 29.6 Å². The molecule has 1 aromatic rings. The molecule has 0 aliphatic carbocycles. The Balaban J connectivity index is 2.66. The summed E-state index contributed by atoms with van der Waals surface area (Å²) in [7, 11) is 0. The van der Waals surface area contributed by atoms with Crippen LogP contribution in [0.3, 0.4) is 0 Å². The second kappa shape index (κ2) is 6.02. The molecule has 0 aliphatic rings. The van der Waals surface area contributed by atoms with E-state index in [2.05, 4.69) is 10.6 Å². The molecule has 1 aromatic carbocycles. The van der Waals surface area contributed by atoms with E-state index in [0.717, 1.165) is 6.07 Å². The molecule has 0 fully saturated rings. The van der Waals surface area contributed by atoms with Crippen LogP contribution < -0.4 is 5.32 Å². The predicted octanol–water partition coefficient (Wildman–Crippen LogP) is 2.58. The number of urea groups is 1. The number of hydrogen-bond acceptors (Lipinski definition) is 3. The van der Waals surface area contributed by atoms with Crippen LogP contribution in [0.25, 0.3) is 0 Å². The van der Waals surface area contributed by atoms with E-state index in [0.29, 0.717) is 5.01 Å². The highest BCUT2D eigenvalue weighted by molar-refractivity contribution is 6.18. The first-order valence-corrected chi connectivity index (χ1v) is 4.94. The quantitative estimate of drug-likeness (QED) is 0.503. The van der Waals surface area contributed by atoms with E-state index in [9.17, 15) is 14.1 Å². The number of nitroso groups, excluding NO2 is 1. The van der Waals surface area contributed by atoms with Gasteiger partial charge in [0.2, 0.25) is 0 Å². The van der Waals surface area contributed by atoms with Gasteiger partial charge in [0.25, 0.3) is 0 Å². The molecule has 5 nitrogen and oxygen atoms in total. The van der Waals surface area contributed by atoms with Gasteiger partial charge in [0.15, 0.2) is 0 Å². The summed E-state index contributed by atoms with van der Waals surface area (Å²) in [5.74, 6) is -0.400. The molecule has 0 aromatic heterocycles. The number of halogens is 2. The van der Waals surface area contributed by atoms with Crippen molar-refractivity contribution in [3.63, 3.8) is 0 Å². The van der Waals surface area contributed by atoms with Crippen molar-refractivity contribution >= 4 is 23.3 Å². The normalized spacial score (nSPS) is 9.62. The number of amides is 2. The van der Waals surface area contributed by atoms with Crippen LogP contribution in [0, 0.1) is 10.7 Å². The van der Waals surface area contributed by atoms with Gasteiger partial charge >= 0.3 is 6.03 Å². The number of benzene rings is 1. The molecule has 16 heavy (non-hydrogen) atoms. The van der Waals surface area contributed by atoms with Gasteiger partial charge in [0.1, 0.15) is 5.82 Å². The molecule has 0 aliphatic heterocycles. The van der Waals surface area contributed by atoms with E-state index < -0.39 is 11.8 Å². The van der Waals surface area contributed by atoms with E-state index in [1.54, 1.807) is 0 Å². The lowest BCUT2D eigenvalue weighted by Gasteiger charge is -2.12. The third-order valence-corrected chi connectivity index (χ3v) is 1.87. The summed E-state index contributed by atoms with van der Waals surface area (Å²) in [6.45, 7) is -0.00773. The van der Waals surface area contributed by atoms with Crippen LogP contribution in [0.2, 0.25) is 0 Å². The maximum Gasteiger partial charge on any atom is 0.344 e. The molecule has 1 N–H and O–H groups in total. The molecule has 0 spiro atoms. The minimum atomic E-state index is -0.749. The fourth-order valence-corrected chi connectivity index (χ4v) is 1.17. The Labute approximate surface area is 96.1 Å². The van der Waals surface area contributed by atoms with E-state index in [-0.39, 0.29) is 18.1 Å². The van der Waals surface area contributed by atoms with E-state index in [4.69, 9.17) is 11.6 Å². The topological polar surface area (TPSA) is 61.8 Å². The first-order valence-electron chi connectivity index (χ1n) is 4.40. The lowest BCUT2D eigenvalue weighted by molar-refractivity contribution is 0.216. The Bertz CT molecular complexity index is 389. The Morgan fingerprint density at radius 2 is 2.31 bits per heavy atom. The number of carbonyl (C=O) groups excluding carboxylic acids is 1. The van der Waals surface area contributed by atoms with Crippen molar-refractivity contribution in [3.8, 4) is 0 Å². The van der Waals surface area contributed by atoms with Crippen LogP contribution in [0.4, 0.5) is 14.9 Å². The summed E-state index contributed by atoms with van der Waals surface area (Å²) in [5.41, 5.74) is 0.244. The number of anilines is 1. The Morgan fingerprint density at radius 1 is 1.56 bits per heavy atom. The number of nitrogens with one attached hydrogen (secondary N) is 1. The van der Waals surface area contributed by atoms with Gasteiger partial charge in [-0.2, -0.15) is 5.01 Å². The molecule has 0 bridgehead atoms. The van der Waals surface area contributed by atoms with Gasteiger partial charge in [-0.3, -0.25) is 0 Å². The third kappa shape index (κ3) is 3.47. The van der Waals surface area contributed by atoms with Gasteiger partial charge in [0.05, 0.1) is 11.8 Å². The minimum Gasteiger partial charge on any atom is -0.306 e. The van der Waals surface area contributed by atoms with Gasteiger partial charge in [-0.15, -0.1) is 16.5 Å². The van der Waals surface area contributed by atoms with Crippen LogP contribution >= 0.6 is 11.6 Å². The summed E-state index contributed by atoms with van der Waals surface area (Å²) in [6, 6.07) is 4.54. The molecule has 7 heteroatoms. The monoisotopic (exact) mass is 245 g/mol. The highest BCUT2D eigenvalue weighted by Gasteiger charge is 2.13. The molecule has 0 atom stereocenters. The molecule has 0 saturated heterocycles. The lowest BCUT2D eigenvalue weighted by Crippen LogP contribution is -2.31. The SMILES string of the molecule is O=NN(CCCl)C(=O)Nc1cccc(F)c1. The fraction of sp³-hybridized carbons (Fsp3) is 0.222. The van der Waals surface area contributed by atoms with Crippen LogP contribution in [-0.2, 0) is 0 Å². The predicted molar refractivity (Wildman–Crippen MR) is 58.6 cm³/mol. The van der Waals surface area contributed by atoms with Crippen molar-refractivity contribution in [2.45, 2.75) is 0 Å². The number of alkyl halides is 1. The highest BCUT2D eigenvalue weighted by Crippen LogP contribution is 2.10. The molecule has 2 amide bonds. The van der Waals surface area contributed by atoms with Crippen molar-refractivity contribution in [1.82, 2.24) is 5.01 Å². The summed E-state index contributed by atoms with van der Waals surface area (Å²) in [6.07, 6.45) is 0. The van der Waals surface area contributed by atoms with Crippen LogP contribution in [0.1, 0.15) is 0 Å². The highest BCUT2D eigenvalue weighted by atomic mass is 35.5. The van der Waals surface area contributed by atoms with Crippen molar-refractivity contribution in [2.75, 3.05) is 17.7 Å². The number of rotatable bonds is 4. The lowest BCUT2D eigenvalue weighted by atomic mass is 10.3. The summed E-state index contributed by atoms with van der Waals surface area (Å²) in [4.78, 5) is 21.7. The molecule has 0 heterocycles. The molecule has 86 valence electrons. The van der Waals surface area contributed by atoms with Crippen molar-refractivity contribution < 1.29 is 9.18 Å². The zero-order chi connectivity index (χ0) is 12.0. The second-order valence-corrected chi connectivity index (χ2v) is 3.21.